The van der Waals surface area contributed by atoms with Gasteiger partial charge in [0.05, 0.1) is 12.1 Å². The number of hydrogen-bond acceptors (Lipinski definition) is 4. The summed E-state index contributed by atoms with van der Waals surface area (Å²) in [6.45, 7) is 5.21. The van der Waals surface area contributed by atoms with E-state index in [1.165, 1.54) is 6.92 Å². The highest BCUT2D eigenvalue weighted by Crippen LogP contribution is 2.38. The van der Waals surface area contributed by atoms with E-state index >= 15 is 0 Å². The van der Waals surface area contributed by atoms with E-state index in [-0.39, 0.29) is 23.9 Å². The molecule has 4 rings (SSSR count). The van der Waals surface area contributed by atoms with Crippen LogP contribution in [0.4, 0.5) is 14.5 Å². The van der Waals surface area contributed by atoms with Crippen molar-refractivity contribution in [2.24, 2.45) is 0 Å². The number of ether oxygens (including phenoxy) is 1. The molecule has 3 aromatic carbocycles. The molecule has 3 amide bonds. The lowest BCUT2D eigenvalue weighted by Gasteiger charge is -2.31. The van der Waals surface area contributed by atoms with Crippen molar-refractivity contribution in [2.75, 3.05) is 4.90 Å². The number of nitrogens with one attached hydrogen (secondary N) is 2. The third-order valence-corrected chi connectivity index (χ3v) is 6.19. The molecule has 0 aliphatic carbocycles. The molecule has 0 radical (unpaired) electrons. The number of nitrogens with zero attached hydrogens (tertiary/aromatic N) is 1. The molecule has 2 N–H and O–H groups in total. The normalized spacial score (nSPS) is 17.7. The highest BCUT2D eigenvalue weighted by molar-refractivity contribution is 6.02. The minimum absolute atomic E-state index is 0.134. The van der Waals surface area contributed by atoms with E-state index in [2.05, 4.69) is 10.6 Å². The molecule has 3 atom stereocenters. The van der Waals surface area contributed by atoms with E-state index in [4.69, 9.17) is 4.74 Å². The van der Waals surface area contributed by atoms with Gasteiger partial charge >= 0.3 is 0 Å². The van der Waals surface area contributed by atoms with Gasteiger partial charge in [-0.25, -0.2) is 8.78 Å². The summed E-state index contributed by atoms with van der Waals surface area (Å²) in [5, 5.41) is 5.31. The van der Waals surface area contributed by atoms with Crippen LogP contribution in [0.15, 0.2) is 72.8 Å². The van der Waals surface area contributed by atoms with Crippen molar-refractivity contribution < 1.29 is 27.9 Å². The van der Waals surface area contributed by atoms with Crippen molar-refractivity contribution in [1.82, 2.24) is 10.6 Å². The molecular weight excluding hydrogens is 492 g/mol. The largest absolute Gasteiger partial charge is 0.481 e. The molecule has 1 heterocycles. The van der Waals surface area contributed by atoms with Crippen molar-refractivity contribution in [3.8, 4) is 5.75 Å². The zero-order valence-electron chi connectivity index (χ0n) is 21.3. The number of fused-ring (bicyclic) bond motifs is 1. The number of carbonyl (C=O) groups excluding carboxylic acids is 3. The quantitative estimate of drug-likeness (QED) is 0.491. The molecule has 7 nitrogen and oxygen atoms in total. The third kappa shape index (κ3) is 5.99. The second-order valence-electron chi connectivity index (χ2n) is 9.45. The Balaban J connectivity index is 1.57. The summed E-state index contributed by atoms with van der Waals surface area (Å²) in [5.74, 6) is -2.66. The predicted octanol–water partition coefficient (Wildman–Crippen LogP) is 4.07. The summed E-state index contributed by atoms with van der Waals surface area (Å²) < 4.78 is 33.3. The van der Waals surface area contributed by atoms with Gasteiger partial charge in [0.25, 0.3) is 5.91 Å². The average molecular weight is 522 g/mol. The van der Waals surface area contributed by atoms with Gasteiger partial charge in [0.2, 0.25) is 11.8 Å². The van der Waals surface area contributed by atoms with Crippen LogP contribution in [0.25, 0.3) is 0 Å². The molecule has 0 saturated heterocycles. The lowest BCUT2D eigenvalue weighted by atomic mass is 10.00. The number of benzene rings is 3. The molecule has 0 unspecified atom stereocenters. The predicted molar refractivity (Wildman–Crippen MR) is 138 cm³/mol. The number of hydrogen-bond donors (Lipinski definition) is 2. The Hall–Kier alpha value is -4.27. The van der Waals surface area contributed by atoms with Gasteiger partial charge in [-0.3, -0.25) is 14.4 Å². The highest BCUT2D eigenvalue weighted by Gasteiger charge is 2.41. The number of halogens is 2. The van der Waals surface area contributed by atoms with Gasteiger partial charge in [0.1, 0.15) is 29.5 Å². The number of anilines is 1. The van der Waals surface area contributed by atoms with Gasteiger partial charge < -0.3 is 20.3 Å². The van der Waals surface area contributed by atoms with Gasteiger partial charge in [-0.05, 0) is 56.2 Å². The summed E-state index contributed by atoms with van der Waals surface area (Å²) in [6.07, 6.45) is -1.16. The van der Waals surface area contributed by atoms with Crippen LogP contribution < -0.4 is 20.3 Å². The van der Waals surface area contributed by atoms with Gasteiger partial charge in [0.15, 0.2) is 6.10 Å². The molecule has 3 aromatic rings. The fraction of sp³-hybridized carbons (Fsp3) is 0.276. The van der Waals surface area contributed by atoms with E-state index in [0.29, 0.717) is 23.1 Å². The topological polar surface area (TPSA) is 87.7 Å². The zero-order chi connectivity index (χ0) is 27.4. The van der Waals surface area contributed by atoms with E-state index in [1.54, 1.807) is 17.0 Å². The van der Waals surface area contributed by atoms with Gasteiger partial charge in [-0.2, -0.15) is 0 Å². The summed E-state index contributed by atoms with van der Waals surface area (Å²) in [5.41, 5.74) is 1.42. The van der Waals surface area contributed by atoms with Crippen molar-refractivity contribution in [3.63, 3.8) is 0 Å². The standard InChI is InChI=1S/C29H29F2N3O4/c1-17(2)34-23-11-7-8-12-24(23)38-27(20-9-5-4-6-10-20)26(29(34)37)33-28(36)18(3)32-25(35)15-19-13-21(30)16-22(31)14-19/h4-14,16-18,26-27H,15H2,1-3H3,(H,32,35)(H,33,36)/t18-,26-,27+/m0/s1. The molecule has 198 valence electrons. The molecule has 0 saturated carbocycles. The summed E-state index contributed by atoms with van der Waals surface area (Å²) in [7, 11) is 0. The monoisotopic (exact) mass is 521 g/mol. The van der Waals surface area contributed by atoms with Crippen molar-refractivity contribution in [3.05, 3.63) is 95.6 Å². The fourth-order valence-corrected chi connectivity index (χ4v) is 4.47. The Kier molecular flexibility index (Phi) is 8.05. The van der Waals surface area contributed by atoms with E-state index in [0.717, 1.165) is 12.1 Å². The Morgan fingerprint density at radius 1 is 0.947 bits per heavy atom. The van der Waals surface area contributed by atoms with E-state index in [9.17, 15) is 23.2 Å². The van der Waals surface area contributed by atoms with Crippen LogP contribution in [0.2, 0.25) is 0 Å². The maximum absolute atomic E-state index is 13.9. The molecule has 1 aliphatic rings. The van der Waals surface area contributed by atoms with Crippen LogP contribution in [0, 0.1) is 11.6 Å². The second kappa shape index (κ2) is 11.4. The smallest absolute Gasteiger partial charge is 0.254 e. The Morgan fingerprint density at radius 3 is 2.24 bits per heavy atom. The first kappa shape index (κ1) is 26.8. The minimum Gasteiger partial charge on any atom is -0.481 e. The maximum atomic E-state index is 13.9. The van der Waals surface area contributed by atoms with E-state index < -0.39 is 41.6 Å². The second-order valence-corrected chi connectivity index (χ2v) is 9.45. The molecule has 0 spiro atoms. The van der Waals surface area contributed by atoms with Crippen LogP contribution >= 0.6 is 0 Å². The first-order chi connectivity index (χ1) is 18.1. The molecule has 1 aliphatic heterocycles. The number of carbonyl (C=O) groups is 3. The Labute approximate surface area is 219 Å². The minimum atomic E-state index is -1.10. The van der Waals surface area contributed by atoms with Crippen LogP contribution in [0.5, 0.6) is 5.75 Å². The summed E-state index contributed by atoms with van der Waals surface area (Å²) in [6, 6.07) is 16.7. The molecule has 0 bridgehead atoms. The average Bonchev–Trinajstić information content (AvgIpc) is 2.98. The van der Waals surface area contributed by atoms with E-state index in [1.807, 2.05) is 56.3 Å². The molecule has 0 fully saturated rings. The van der Waals surface area contributed by atoms with Crippen LogP contribution in [-0.4, -0.2) is 35.8 Å². The molecular formula is C29H29F2N3O4. The molecule has 38 heavy (non-hydrogen) atoms. The van der Waals surface area contributed by atoms with Crippen molar-refractivity contribution in [2.45, 2.75) is 51.4 Å². The lowest BCUT2D eigenvalue weighted by molar-refractivity contribution is -0.132. The first-order valence-corrected chi connectivity index (χ1v) is 12.3. The van der Waals surface area contributed by atoms with Gasteiger partial charge in [-0.15, -0.1) is 0 Å². The van der Waals surface area contributed by atoms with Gasteiger partial charge in [0, 0.05) is 12.1 Å². The zero-order valence-corrected chi connectivity index (χ0v) is 21.3. The molecule has 9 heteroatoms. The van der Waals surface area contributed by atoms with Crippen LogP contribution in [0.1, 0.15) is 38.0 Å². The highest BCUT2D eigenvalue weighted by atomic mass is 19.1. The van der Waals surface area contributed by atoms with Crippen LogP contribution in [0.3, 0.4) is 0 Å². The summed E-state index contributed by atoms with van der Waals surface area (Å²) in [4.78, 5) is 41.2. The lowest BCUT2D eigenvalue weighted by Crippen LogP contribution is -2.56. The fourth-order valence-electron chi connectivity index (χ4n) is 4.47. The van der Waals surface area contributed by atoms with Crippen LogP contribution in [-0.2, 0) is 20.8 Å². The maximum Gasteiger partial charge on any atom is 0.254 e. The van der Waals surface area contributed by atoms with Crippen molar-refractivity contribution in [1.29, 1.82) is 0 Å². The number of rotatable bonds is 7. The number of para-hydroxylation sites is 2. The Bertz CT molecular complexity index is 1310. The number of amides is 3. The Morgan fingerprint density at radius 2 is 1.58 bits per heavy atom. The first-order valence-electron chi connectivity index (χ1n) is 12.3. The third-order valence-electron chi connectivity index (χ3n) is 6.19. The van der Waals surface area contributed by atoms with Gasteiger partial charge in [-0.1, -0.05) is 42.5 Å². The molecule has 0 aromatic heterocycles. The summed E-state index contributed by atoms with van der Waals surface area (Å²) >= 11 is 0. The van der Waals surface area contributed by atoms with Crippen molar-refractivity contribution >= 4 is 23.4 Å². The SMILES string of the molecule is CC(C)N1C(=O)[C@@H](NC(=O)[C@H](C)NC(=O)Cc2cc(F)cc(F)c2)[C@@H](c2ccccc2)Oc2ccccc21.